The number of nitrogens with zero attached hydrogens (tertiary/aromatic N) is 2. The average molecular weight is 233 g/mol. The highest BCUT2D eigenvalue weighted by molar-refractivity contribution is 5.79. The lowest BCUT2D eigenvalue weighted by Gasteiger charge is -2.05. The molecule has 0 aliphatic carbocycles. The van der Waals surface area contributed by atoms with Crippen LogP contribution in [0.15, 0.2) is 18.2 Å². The number of imidazole rings is 1. The van der Waals surface area contributed by atoms with Gasteiger partial charge < -0.3 is 15.0 Å². The molecule has 2 N–H and O–H groups in total. The van der Waals surface area contributed by atoms with Crippen LogP contribution in [0.3, 0.4) is 0 Å². The number of nitrogen functional groups attached to an aromatic ring is 1. The molecule has 0 saturated heterocycles. The van der Waals surface area contributed by atoms with E-state index in [1.165, 1.54) is 7.11 Å². The van der Waals surface area contributed by atoms with E-state index < -0.39 is 0 Å². The molecule has 0 fully saturated rings. The zero-order valence-corrected chi connectivity index (χ0v) is 9.93. The highest BCUT2D eigenvalue weighted by Gasteiger charge is 2.09. The van der Waals surface area contributed by atoms with Gasteiger partial charge in [0.15, 0.2) is 0 Å². The summed E-state index contributed by atoms with van der Waals surface area (Å²) in [5, 5.41) is 0. The number of hydrogen-bond donors (Lipinski definition) is 1. The lowest BCUT2D eigenvalue weighted by molar-refractivity contribution is -0.140. The summed E-state index contributed by atoms with van der Waals surface area (Å²) in [6.45, 7) is 2.49. The predicted octanol–water partition coefficient (Wildman–Crippen LogP) is 1.49. The minimum Gasteiger partial charge on any atom is -0.469 e. The second kappa shape index (κ2) is 4.45. The van der Waals surface area contributed by atoms with Crippen molar-refractivity contribution in [2.75, 3.05) is 12.8 Å². The molecule has 0 radical (unpaired) electrons. The van der Waals surface area contributed by atoms with Gasteiger partial charge in [0.05, 0.1) is 24.6 Å². The van der Waals surface area contributed by atoms with Crippen LogP contribution in [0.5, 0.6) is 0 Å². The number of methoxy groups -OCH3 is 1. The molecule has 5 heteroatoms. The number of hydrogen-bond acceptors (Lipinski definition) is 4. The van der Waals surface area contributed by atoms with E-state index >= 15 is 0 Å². The molecule has 1 heterocycles. The van der Waals surface area contributed by atoms with Crippen LogP contribution < -0.4 is 5.73 Å². The Kier molecular flexibility index (Phi) is 2.99. The van der Waals surface area contributed by atoms with Crippen molar-refractivity contribution in [3.8, 4) is 0 Å². The number of esters is 1. The summed E-state index contributed by atoms with van der Waals surface area (Å²) in [5.41, 5.74) is 8.76. The van der Waals surface area contributed by atoms with E-state index in [9.17, 15) is 4.79 Å². The molecule has 17 heavy (non-hydrogen) atoms. The van der Waals surface area contributed by atoms with Crippen LogP contribution in [-0.4, -0.2) is 22.6 Å². The van der Waals surface area contributed by atoms with Gasteiger partial charge in [-0.05, 0) is 24.6 Å². The Morgan fingerprint density at radius 3 is 3.00 bits per heavy atom. The molecule has 2 rings (SSSR count). The topological polar surface area (TPSA) is 70.1 Å². The molecule has 1 aromatic carbocycles. The van der Waals surface area contributed by atoms with Gasteiger partial charge in [0.2, 0.25) is 5.95 Å². The van der Waals surface area contributed by atoms with Gasteiger partial charge in [-0.1, -0.05) is 6.07 Å². The molecule has 5 nitrogen and oxygen atoms in total. The summed E-state index contributed by atoms with van der Waals surface area (Å²) in [6, 6.07) is 5.93. The second-order valence-electron chi connectivity index (χ2n) is 3.94. The first kappa shape index (κ1) is 11.4. The van der Waals surface area contributed by atoms with Gasteiger partial charge in [0.25, 0.3) is 0 Å². The van der Waals surface area contributed by atoms with E-state index in [2.05, 4.69) is 9.72 Å². The highest BCUT2D eigenvalue weighted by atomic mass is 16.5. The molecule has 0 spiro atoms. The molecule has 0 bridgehead atoms. The fraction of sp³-hybridized carbons (Fsp3) is 0.333. The maximum Gasteiger partial charge on any atom is 0.307 e. The van der Waals surface area contributed by atoms with Crippen LogP contribution in [0.25, 0.3) is 11.0 Å². The van der Waals surface area contributed by atoms with Crippen LogP contribution in [0, 0.1) is 6.92 Å². The predicted molar refractivity (Wildman–Crippen MR) is 65.5 cm³/mol. The van der Waals surface area contributed by atoms with Crippen molar-refractivity contribution >= 4 is 23.0 Å². The lowest BCUT2D eigenvalue weighted by Crippen LogP contribution is -2.09. The minimum atomic E-state index is -0.252. The van der Waals surface area contributed by atoms with Crippen molar-refractivity contribution in [1.82, 2.24) is 9.55 Å². The molecule has 0 unspecified atom stereocenters. The first-order valence-electron chi connectivity index (χ1n) is 5.41. The smallest absolute Gasteiger partial charge is 0.307 e. The summed E-state index contributed by atoms with van der Waals surface area (Å²) < 4.78 is 6.43. The molecule has 0 aliphatic rings. The third kappa shape index (κ3) is 2.22. The molecular formula is C12H15N3O2. The van der Waals surface area contributed by atoms with Gasteiger partial charge >= 0.3 is 5.97 Å². The molecule has 0 aliphatic heterocycles. The van der Waals surface area contributed by atoms with Crippen LogP contribution in [-0.2, 0) is 16.1 Å². The minimum absolute atomic E-state index is 0.252. The SMILES string of the molecule is COC(=O)CCn1c(N)nc2cc(C)ccc21. The summed E-state index contributed by atoms with van der Waals surface area (Å²) in [4.78, 5) is 15.4. The molecule has 0 atom stereocenters. The van der Waals surface area contributed by atoms with Crippen molar-refractivity contribution in [1.29, 1.82) is 0 Å². The maximum absolute atomic E-state index is 11.1. The largest absolute Gasteiger partial charge is 0.469 e. The van der Waals surface area contributed by atoms with Gasteiger partial charge in [-0.3, -0.25) is 4.79 Å². The zero-order valence-electron chi connectivity index (χ0n) is 9.93. The lowest BCUT2D eigenvalue weighted by atomic mass is 10.2. The van der Waals surface area contributed by atoms with Crippen molar-refractivity contribution < 1.29 is 9.53 Å². The number of anilines is 1. The molecule has 90 valence electrons. The summed E-state index contributed by atoms with van der Waals surface area (Å²) in [6.07, 6.45) is 0.292. The number of aryl methyl sites for hydroxylation is 2. The number of carbonyl (C=O) groups excluding carboxylic acids is 1. The molecule has 1 aromatic heterocycles. The Hall–Kier alpha value is -2.04. The number of nitrogens with two attached hydrogens (primary N) is 1. The monoisotopic (exact) mass is 233 g/mol. The number of benzene rings is 1. The third-order valence-corrected chi connectivity index (χ3v) is 2.70. The fourth-order valence-corrected chi connectivity index (χ4v) is 1.80. The summed E-state index contributed by atoms with van der Waals surface area (Å²) >= 11 is 0. The maximum atomic E-state index is 11.1. The average Bonchev–Trinajstić information content (AvgIpc) is 2.61. The Morgan fingerprint density at radius 1 is 1.53 bits per heavy atom. The Labute approximate surface area is 99.2 Å². The number of rotatable bonds is 3. The van der Waals surface area contributed by atoms with Gasteiger partial charge in [-0.2, -0.15) is 0 Å². The van der Waals surface area contributed by atoms with Crippen molar-refractivity contribution in [2.24, 2.45) is 0 Å². The summed E-state index contributed by atoms with van der Waals surface area (Å²) in [7, 11) is 1.38. The summed E-state index contributed by atoms with van der Waals surface area (Å²) in [5.74, 6) is 0.174. The fourth-order valence-electron chi connectivity index (χ4n) is 1.80. The molecular weight excluding hydrogens is 218 g/mol. The third-order valence-electron chi connectivity index (χ3n) is 2.70. The van der Waals surface area contributed by atoms with E-state index in [1.54, 1.807) is 0 Å². The Bertz CT molecular complexity index is 560. The van der Waals surface area contributed by atoms with Gasteiger partial charge in [0, 0.05) is 6.54 Å². The van der Waals surface area contributed by atoms with Crippen molar-refractivity contribution in [3.05, 3.63) is 23.8 Å². The van der Waals surface area contributed by atoms with Gasteiger partial charge in [-0.25, -0.2) is 4.98 Å². The van der Waals surface area contributed by atoms with E-state index in [0.29, 0.717) is 18.9 Å². The number of aromatic nitrogens is 2. The number of carbonyl (C=O) groups is 1. The quantitative estimate of drug-likeness (QED) is 0.815. The van der Waals surface area contributed by atoms with Crippen LogP contribution in [0.1, 0.15) is 12.0 Å². The molecule has 2 aromatic rings. The zero-order chi connectivity index (χ0) is 12.4. The normalized spacial score (nSPS) is 10.7. The first-order chi connectivity index (χ1) is 8.11. The molecule has 0 saturated carbocycles. The van der Waals surface area contributed by atoms with E-state index in [4.69, 9.17) is 5.73 Å². The molecule has 0 amide bonds. The standard InChI is InChI=1S/C12H15N3O2/c1-8-3-4-10-9(7-8)14-12(13)15(10)6-5-11(16)17-2/h3-4,7H,5-6H2,1-2H3,(H2,13,14). The second-order valence-corrected chi connectivity index (χ2v) is 3.94. The van der Waals surface area contributed by atoms with Crippen LogP contribution in [0.2, 0.25) is 0 Å². The van der Waals surface area contributed by atoms with Gasteiger partial charge in [-0.15, -0.1) is 0 Å². The number of ether oxygens (including phenoxy) is 1. The van der Waals surface area contributed by atoms with Crippen molar-refractivity contribution in [3.63, 3.8) is 0 Å². The highest BCUT2D eigenvalue weighted by Crippen LogP contribution is 2.19. The first-order valence-corrected chi connectivity index (χ1v) is 5.41. The van der Waals surface area contributed by atoms with Crippen LogP contribution >= 0.6 is 0 Å². The number of fused-ring (bicyclic) bond motifs is 1. The Morgan fingerprint density at radius 2 is 2.29 bits per heavy atom. The van der Waals surface area contributed by atoms with Crippen LogP contribution in [0.4, 0.5) is 5.95 Å². The van der Waals surface area contributed by atoms with Crippen molar-refractivity contribution in [2.45, 2.75) is 19.9 Å². The van der Waals surface area contributed by atoms with Gasteiger partial charge in [0.1, 0.15) is 0 Å². The Balaban J connectivity index is 2.33. The van der Waals surface area contributed by atoms with E-state index in [-0.39, 0.29) is 5.97 Å². The van der Waals surface area contributed by atoms with E-state index in [1.807, 2.05) is 29.7 Å². The van der Waals surface area contributed by atoms with E-state index in [0.717, 1.165) is 16.6 Å².